The van der Waals surface area contributed by atoms with Crippen molar-refractivity contribution in [2.24, 2.45) is 0 Å². The average Bonchev–Trinajstić information content (AvgIpc) is 3.51. The normalized spacial score (nSPS) is 13.1. The van der Waals surface area contributed by atoms with Gasteiger partial charge in [-0.2, -0.15) is 0 Å². The molecule has 0 amide bonds. The van der Waals surface area contributed by atoms with E-state index in [1.807, 2.05) is 0 Å². The Morgan fingerprint density at radius 1 is 0.450 bits per heavy atom. The molecule has 6 aromatic carbocycles. The van der Waals surface area contributed by atoms with Gasteiger partial charge in [-0.15, -0.1) is 0 Å². The first kappa shape index (κ1) is 23.7. The number of hydrogen-bond acceptors (Lipinski definition) is 0. The van der Waals surface area contributed by atoms with Gasteiger partial charge >= 0.3 is 243 Å². The Labute approximate surface area is 242 Å². The molecule has 0 atom stereocenters. The number of rotatable bonds is 3. The van der Waals surface area contributed by atoms with Crippen molar-refractivity contribution in [3.8, 4) is 27.9 Å². The topological polar surface area (TPSA) is 4.93 Å². The predicted octanol–water partition coefficient (Wildman–Crippen LogP) is 10.5. The van der Waals surface area contributed by atoms with Crippen LogP contribution in [0.4, 0.5) is 0 Å². The van der Waals surface area contributed by atoms with Crippen LogP contribution in [-0.4, -0.2) is 4.57 Å². The zero-order valence-corrected chi connectivity index (χ0v) is 24.7. The van der Waals surface area contributed by atoms with E-state index in [0.717, 1.165) is 0 Å². The molecule has 0 bridgehead atoms. The quantitative estimate of drug-likeness (QED) is 0.172. The third kappa shape index (κ3) is 3.52. The van der Waals surface area contributed by atoms with Crippen molar-refractivity contribution in [2.75, 3.05) is 0 Å². The molecule has 0 radical (unpaired) electrons. The molecule has 7 aromatic rings. The van der Waals surface area contributed by atoms with Gasteiger partial charge in [-0.05, 0) is 0 Å². The minimum atomic E-state index is -1.79. The molecule has 40 heavy (non-hydrogen) atoms. The van der Waals surface area contributed by atoms with E-state index < -0.39 is 19.8 Å². The molecule has 1 aromatic heterocycles. The molecule has 1 aliphatic rings. The summed E-state index contributed by atoms with van der Waals surface area (Å²) in [5, 5.41) is 2.59. The van der Waals surface area contributed by atoms with Crippen molar-refractivity contribution >= 4 is 41.6 Å². The van der Waals surface area contributed by atoms with E-state index in [4.69, 9.17) is 0 Å². The van der Waals surface area contributed by atoms with Crippen LogP contribution in [0.5, 0.6) is 0 Å². The summed E-state index contributed by atoms with van der Waals surface area (Å²) in [4.78, 5) is 0. The SMILES string of the molecule is Cc1ccc(-n2c3ccccc3c3ccccc32)cc1-c1cc(I2c3ccccc3-c3ccccc32)ccc1C. The van der Waals surface area contributed by atoms with Gasteiger partial charge in [0, 0.05) is 0 Å². The van der Waals surface area contributed by atoms with Gasteiger partial charge in [0.25, 0.3) is 0 Å². The fourth-order valence-electron chi connectivity index (χ4n) is 6.28. The molecular formula is C38H28IN. The maximum absolute atomic E-state index is 2.51. The van der Waals surface area contributed by atoms with Crippen LogP contribution < -0.4 is 0 Å². The maximum atomic E-state index is 2.51. The Hall–Kier alpha value is -4.15. The van der Waals surface area contributed by atoms with Crippen LogP contribution in [0, 0.1) is 24.6 Å². The Morgan fingerprint density at radius 3 is 1.57 bits per heavy atom. The first-order valence-corrected chi connectivity index (χ1v) is 17.0. The number of halogens is 1. The fraction of sp³-hybridized carbons (Fsp3) is 0.0526. The van der Waals surface area contributed by atoms with Gasteiger partial charge in [-0.25, -0.2) is 0 Å². The summed E-state index contributed by atoms with van der Waals surface area (Å²) in [7, 11) is 0. The molecule has 2 heterocycles. The summed E-state index contributed by atoms with van der Waals surface area (Å²) >= 11 is -1.79. The second kappa shape index (κ2) is 9.21. The second-order valence-electron chi connectivity index (χ2n) is 10.6. The Balaban J connectivity index is 1.32. The number of fused-ring (bicyclic) bond motifs is 6. The Kier molecular flexibility index (Phi) is 5.46. The van der Waals surface area contributed by atoms with E-state index in [1.165, 1.54) is 64.4 Å². The van der Waals surface area contributed by atoms with E-state index in [0.29, 0.717) is 0 Å². The van der Waals surface area contributed by atoms with Crippen molar-refractivity contribution in [3.05, 3.63) is 155 Å². The zero-order chi connectivity index (χ0) is 26.8. The molecule has 1 nitrogen and oxygen atoms in total. The number of para-hydroxylation sites is 2. The summed E-state index contributed by atoms with van der Waals surface area (Å²) in [5.74, 6) is 0. The van der Waals surface area contributed by atoms with Gasteiger partial charge in [0.15, 0.2) is 0 Å². The van der Waals surface area contributed by atoms with Crippen LogP contribution in [0.3, 0.4) is 0 Å². The summed E-state index contributed by atoms with van der Waals surface area (Å²) in [6.45, 7) is 4.50. The molecule has 0 N–H and O–H groups in total. The van der Waals surface area contributed by atoms with Crippen molar-refractivity contribution in [1.29, 1.82) is 0 Å². The van der Waals surface area contributed by atoms with Gasteiger partial charge in [0.2, 0.25) is 0 Å². The molecule has 0 aliphatic carbocycles. The van der Waals surface area contributed by atoms with Crippen LogP contribution >= 0.6 is 19.8 Å². The van der Waals surface area contributed by atoms with Crippen molar-refractivity contribution in [2.45, 2.75) is 13.8 Å². The Bertz CT molecular complexity index is 2000. The summed E-state index contributed by atoms with van der Waals surface area (Å²) < 4.78 is 7.03. The van der Waals surface area contributed by atoms with Crippen LogP contribution in [0.1, 0.15) is 11.1 Å². The van der Waals surface area contributed by atoms with Gasteiger partial charge in [-0.1, -0.05) is 0 Å². The van der Waals surface area contributed by atoms with E-state index in [1.54, 1.807) is 7.14 Å². The van der Waals surface area contributed by atoms with Crippen LogP contribution in [0.15, 0.2) is 133 Å². The molecule has 0 fully saturated rings. The molecule has 0 saturated heterocycles. The number of aromatic nitrogens is 1. The third-order valence-electron chi connectivity index (χ3n) is 8.21. The molecule has 0 saturated carbocycles. The number of benzene rings is 6. The first-order chi connectivity index (χ1) is 19.7. The van der Waals surface area contributed by atoms with E-state index >= 15 is 0 Å². The standard InChI is InChI=1S/C38H28IN/c1-25-19-21-27(39-35-15-7-3-11-29(35)30-12-4-8-16-36(30)39)23-33(25)34-24-28(22-20-26(34)2)40-37-17-9-5-13-31(37)32-14-6-10-18-38(32)40/h3-24H,1-2H3. The zero-order valence-electron chi connectivity index (χ0n) is 22.5. The molecular weight excluding hydrogens is 597 g/mol. The third-order valence-corrected chi connectivity index (χ3v) is 14.3. The molecule has 0 spiro atoms. The summed E-state index contributed by atoms with van der Waals surface area (Å²) in [6, 6.07) is 49.9. The molecule has 0 unspecified atom stereocenters. The van der Waals surface area contributed by atoms with Gasteiger partial charge in [0.05, 0.1) is 0 Å². The summed E-state index contributed by atoms with van der Waals surface area (Å²) in [5.41, 5.74) is 11.8. The molecule has 192 valence electrons. The van der Waals surface area contributed by atoms with Gasteiger partial charge in [-0.3, -0.25) is 0 Å². The minimum absolute atomic E-state index is 1.21. The van der Waals surface area contributed by atoms with Crippen molar-refractivity contribution in [3.63, 3.8) is 0 Å². The van der Waals surface area contributed by atoms with E-state index in [2.05, 4.69) is 152 Å². The van der Waals surface area contributed by atoms with E-state index in [9.17, 15) is 0 Å². The molecule has 2 heteroatoms. The number of aryl methyl sites for hydroxylation is 2. The number of nitrogens with zero attached hydrogens (tertiary/aromatic N) is 1. The Morgan fingerprint density at radius 2 is 0.950 bits per heavy atom. The van der Waals surface area contributed by atoms with Gasteiger partial charge < -0.3 is 0 Å². The number of hydrogen-bond donors (Lipinski definition) is 0. The van der Waals surface area contributed by atoms with Crippen LogP contribution in [0.2, 0.25) is 0 Å². The van der Waals surface area contributed by atoms with Crippen LogP contribution in [0.25, 0.3) is 49.7 Å². The summed E-state index contributed by atoms with van der Waals surface area (Å²) in [6.07, 6.45) is 0. The fourth-order valence-corrected chi connectivity index (χ4v) is 12.6. The molecule has 8 rings (SSSR count). The van der Waals surface area contributed by atoms with Crippen molar-refractivity contribution < 1.29 is 0 Å². The van der Waals surface area contributed by atoms with Gasteiger partial charge in [0.1, 0.15) is 0 Å². The monoisotopic (exact) mass is 625 g/mol. The first-order valence-electron chi connectivity index (χ1n) is 13.8. The van der Waals surface area contributed by atoms with E-state index in [-0.39, 0.29) is 0 Å². The second-order valence-corrected chi connectivity index (χ2v) is 15.8. The predicted molar refractivity (Wildman–Crippen MR) is 178 cm³/mol. The van der Waals surface area contributed by atoms with Crippen molar-refractivity contribution in [1.82, 2.24) is 4.57 Å². The average molecular weight is 626 g/mol. The molecule has 1 aliphatic heterocycles. The van der Waals surface area contributed by atoms with Crippen LogP contribution in [-0.2, 0) is 0 Å².